The van der Waals surface area contributed by atoms with Gasteiger partial charge in [0.05, 0.1) is 22.8 Å². The number of hydrogen-bond donors (Lipinski definition) is 3. The van der Waals surface area contributed by atoms with Gasteiger partial charge >= 0.3 is 5.97 Å². The van der Waals surface area contributed by atoms with Crippen LogP contribution < -0.4 is 5.73 Å². The number of nitrogens with two attached hydrogens (primary N) is 1. The van der Waals surface area contributed by atoms with Crippen molar-refractivity contribution in [1.29, 1.82) is 0 Å². The van der Waals surface area contributed by atoms with Gasteiger partial charge in [0.2, 0.25) is 5.78 Å². The Morgan fingerprint density at radius 2 is 1.62 bits per heavy atom. The predicted molar refractivity (Wildman–Crippen MR) is 95.9 cm³/mol. The maximum atomic E-state index is 11.8. The van der Waals surface area contributed by atoms with Crippen molar-refractivity contribution in [2.75, 3.05) is 0 Å². The molecule has 1 aliphatic rings. The lowest BCUT2D eigenvalue weighted by molar-refractivity contribution is 0.0693. The zero-order valence-electron chi connectivity index (χ0n) is 13.5. The number of carbonyl (C=O) groups is 2. The van der Waals surface area contributed by atoms with Crippen LogP contribution in [0.25, 0.3) is 17.1 Å². The summed E-state index contributed by atoms with van der Waals surface area (Å²) in [6, 6.07) is 12.7. The molecule has 4 rings (SSSR count). The minimum absolute atomic E-state index is 0.0671. The molecule has 0 saturated carbocycles. The predicted octanol–water partition coefficient (Wildman–Crippen LogP) is 2.26. The zero-order chi connectivity index (χ0) is 18.7. The largest absolute Gasteiger partial charge is 0.507 e. The highest BCUT2D eigenvalue weighted by atomic mass is 16.4. The highest BCUT2D eigenvalue weighted by Gasteiger charge is 2.23. The van der Waals surface area contributed by atoms with Gasteiger partial charge in [-0.25, -0.2) is 14.8 Å². The molecule has 0 fully saturated rings. The van der Waals surface area contributed by atoms with Crippen LogP contribution in [-0.4, -0.2) is 38.0 Å². The number of aromatic hydroxyl groups is 1. The van der Waals surface area contributed by atoms with Gasteiger partial charge < -0.3 is 15.9 Å². The van der Waals surface area contributed by atoms with Gasteiger partial charge in [-0.1, -0.05) is 30.3 Å². The van der Waals surface area contributed by atoms with E-state index in [-0.39, 0.29) is 17.1 Å². The van der Waals surface area contributed by atoms with Crippen LogP contribution in [0.1, 0.15) is 26.5 Å². The average molecular weight is 349 g/mol. The number of phenols is 1. The molecule has 0 bridgehead atoms. The van der Waals surface area contributed by atoms with Gasteiger partial charge in [0.1, 0.15) is 17.0 Å². The Morgan fingerprint density at radius 3 is 2.23 bits per heavy atom. The lowest BCUT2D eigenvalue weighted by Crippen LogP contribution is -2.32. The summed E-state index contributed by atoms with van der Waals surface area (Å²) in [7, 11) is 0. The molecule has 7 heteroatoms. The van der Waals surface area contributed by atoms with E-state index in [2.05, 4.69) is 9.97 Å². The molecule has 1 heterocycles. The number of ketones is 1. The normalized spacial score (nSPS) is 15.1. The van der Waals surface area contributed by atoms with Gasteiger partial charge in [0.15, 0.2) is 0 Å². The van der Waals surface area contributed by atoms with Crippen molar-refractivity contribution in [2.24, 2.45) is 5.73 Å². The first-order chi connectivity index (χ1) is 12.5. The molecular weight excluding hydrogens is 334 g/mol. The van der Waals surface area contributed by atoms with E-state index >= 15 is 0 Å². The van der Waals surface area contributed by atoms with Crippen LogP contribution in [0.5, 0.6) is 5.75 Å². The van der Waals surface area contributed by atoms with Gasteiger partial charge in [-0.05, 0) is 30.3 Å². The van der Waals surface area contributed by atoms with Crippen LogP contribution in [0.4, 0.5) is 0 Å². The number of carboxylic acid groups (broad SMARTS) is 1. The average Bonchev–Trinajstić information content (AvgIpc) is 2.64. The monoisotopic (exact) mass is 349 g/mol. The number of fused-ring (bicyclic) bond motifs is 2. The minimum atomic E-state index is -1.11. The van der Waals surface area contributed by atoms with Crippen LogP contribution in [0, 0.1) is 0 Å². The second-order valence-corrected chi connectivity index (χ2v) is 5.52. The summed E-state index contributed by atoms with van der Waals surface area (Å²) in [4.78, 5) is 30.7. The third kappa shape index (κ3) is 3.42. The third-order valence-corrected chi connectivity index (χ3v) is 3.73. The number of aromatic carboxylic acids is 1. The number of benzene rings is 2. The fourth-order valence-electron chi connectivity index (χ4n) is 2.41. The Morgan fingerprint density at radius 1 is 1.00 bits per heavy atom. The lowest BCUT2D eigenvalue weighted by atomic mass is 10.0. The van der Waals surface area contributed by atoms with E-state index in [1.807, 2.05) is 24.3 Å². The highest BCUT2D eigenvalue weighted by molar-refractivity contribution is 6.05. The Kier molecular flexibility index (Phi) is 4.72. The minimum Gasteiger partial charge on any atom is -0.507 e. The molecule has 1 unspecified atom stereocenters. The van der Waals surface area contributed by atoms with Crippen molar-refractivity contribution >= 4 is 28.9 Å². The van der Waals surface area contributed by atoms with E-state index < -0.39 is 12.0 Å². The molecule has 0 spiro atoms. The second kappa shape index (κ2) is 7.12. The van der Waals surface area contributed by atoms with Gasteiger partial charge in [-0.3, -0.25) is 4.79 Å². The van der Waals surface area contributed by atoms with E-state index in [9.17, 15) is 9.59 Å². The summed E-state index contributed by atoms with van der Waals surface area (Å²) in [5.41, 5.74) is 8.04. The van der Waals surface area contributed by atoms with E-state index in [0.717, 1.165) is 11.0 Å². The van der Waals surface area contributed by atoms with Crippen molar-refractivity contribution in [3.05, 3.63) is 71.6 Å². The summed E-state index contributed by atoms with van der Waals surface area (Å²) in [5, 5.41) is 17.3. The van der Waals surface area contributed by atoms with Crippen molar-refractivity contribution in [1.82, 2.24) is 9.97 Å². The SMILES string of the molecule is NC1C=Cc2nc3ccccc3nc2C1=O.O=C(O)c1ccccc1O. The first-order valence-corrected chi connectivity index (χ1v) is 7.73. The zero-order valence-corrected chi connectivity index (χ0v) is 13.5. The number of rotatable bonds is 1. The molecule has 3 aromatic rings. The number of carboxylic acids is 1. The fourth-order valence-corrected chi connectivity index (χ4v) is 2.41. The summed E-state index contributed by atoms with van der Waals surface area (Å²) in [5.74, 6) is -1.48. The molecular formula is C19H15N3O4. The Bertz CT molecular complexity index is 1030. The molecule has 0 saturated heterocycles. The van der Waals surface area contributed by atoms with E-state index in [0.29, 0.717) is 11.4 Å². The van der Waals surface area contributed by atoms with Crippen molar-refractivity contribution in [3.8, 4) is 5.75 Å². The molecule has 0 aliphatic heterocycles. The molecule has 130 valence electrons. The number of nitrogens with zero attached hydrogens (tertiary/aromatic N) is 2. The fraction of sp³-hybridized carbons (Fsp3) is 0.0526. The molecule has 26 heavy (non-hydrogen) atoms. The molecule has 4 N–H and O–H groups in total. The van der Waals surface area contributed by atoms with Crippen LogP contribution in [0.15, 0.2) is 54.6 Å². The summed E-state index contributed by atoms with van der Waals surface area (Å²) < 4.78 is 0. The van der Waals surface area contributed by atoms with E-state index in [4.69, 9.17) is 15.9 Å². The highest BCUT2D eigenvalue weighted by Crippen LogP contribution is 2.18. The second-order valence-electron chi connectivity index (χ2n) is 5.52. The molecule has 2 aromatic carbocycles. The van der Waals surface area contributed by atoms with Crippen LogP contribution in [-0.2, 0) is 0 Å². The molecule has 1 aromatic heterocycles. The summed E-state index contributed by atoms with van der Waals surface area (Å²) in [6.07, 6.45) is 3.40. The number of Topliss-reactive ketones (excluding diaryl/α,β-unsaturated/α-hetero) is 1. The van der Waals surface area contributed by atoms with Crippen LogP contribution in [0.2, 0.25) is 0 Å². The van der Waals surface area contributed by atoms with Crippen molar-refractivity contribution < 1.29 is 19.8 Å². The number of carbonyl (C=O) groups excluding carboxylic acids is 1. The van der Waals surface area contributed by atoms with Gasteiger partial charge in [0.25, 0.3) is 0 Å². The van der Waals surface area contributed by atoms with Gasteiger partial charge in [-0.2, -0.15) is 0 Å². The first-order valence-electron chi connectivity index (χ1n) is 7.73. The Balaban J connectivity index is 0.000000170. The quantitative estimate of drug-likeness (QED) is 0.615. The standard InChI is InChI=1S/C12H9N3O.C7H6O3/c13-7-5-6-10-11(12(7)16)15-9-4-2-1-3-8(9)14-10;8-6-4-2-1-3-5(6)7(9)10/h1-7H,13H2;1-4,8H,(H,9,10). The number of hydrogen-bond acceptors (Lipinski definition) is 6. The molecule has 7 nitrogen and oxygen atoms in total. The van der Waals surface area contributed by atoms with Crippen LogP contribution in [0.3, 0.4) is 0 Å². The first kappa shape index (κ1) is 17.2. The van der Waals surface area contributed by atoms with Gasteiger partial charge in [-0.15, -0.1) is 0 Å². The van der Waals surface area contributed by atoms with Gasteiger partial charge in [0, 0.05) is 0 Å². The summed E-state index contributed by atoms with van der Waals surface area (Å²) >= 11 is 0. The molecule has 1 aliphatic carbocycles. The van der Waals surface area contributed by atoms with Crippen molar-refractivity contribution in [2.45, 2.75) is 6.04 Å². The Hall–Kier alpha value is -3.58. The number of aromatic nitrogens is 2. The summed E-state index contributed by atoms with van der Waals surface area (Å²) in [6.45, 7) is 0. The smallest absolute Gasteiger partial charge is 0.339 e. The Labute approximate surface area is 148 Å². The molecule has 0 radical (unpaired) electrons. The molecule has 0 amide bonds. The third-order valence-electron chi connectivity index (χ3n) is 3.73. The van der Waals surface area contributed by atoms with E-state index in [1.54, 1.807) is 24.3 Å². The number of para-hydroxylation sites is 3. The maximum Gasteiger partial charge on any atom is 0.339 e. The van der Waals surface area contributed by atoms with Crippen molar-refractivity contribution in [3.63, 3.8) is 0 Å². The topological polar surface area (TPSA) is 126 Å². The van der Waals surface area contributed by atoms with E-state index in [1.165, 1.54) is 12.1 Å². The van der Waals surface area contributed by atoms with Crippen LogP contribution >= 0.6 is 0 Å². The maximum absolute atomic E-state index is 11.8. The molecule has 1 atom stereocenters. The lowest BCUT2D eigenvalue weighted by Gasteiger charge is -2.13.